The van der Waals surface area contributed by atoms with Crippen LogP contribution in [-0.4, -0.2) is 6.61 Å². The summed E-state index contributed by atoms with van der Waals surface area (Å²) < 4.78 is 5.55. The molecular formula is C17H22N2O. The zero-order valence-electron chi connectivity index (χ0n) is 12.1. The Morgan fingerprint density at radius 3 is 2.40 bits per heavy atom. The van der Waals surface area contributed by atoms with Crippen LogP contribution >= 0.6 is 0 Å². The predicted octanol–water partition coefficient (Wildman–Crippen LogP) is 3.20. The molecule has 0 aliphatic carbocycles. The molecule has 0 bridgehead atoms. The summed E-state index contributed by atoms with van der Waals surface area (Å²) in [5, 5.41) is 0. The third-order valence-corrected chi connectivity index (χ3v) is 3.36. The topological polar surface area (TPSA) is 47.3 Å². The van der Waals surface area contributed by atoms with E-state index < -0.39 is 0 Å². The van der Waals surface area contributed by atoms with Gasteiger partial charge in [0.2, 0.25) is 0 Å². The zero-order valence-corrected chi connectivity index (χ0v) is 12.1. The van der Waals surface area contributed by atoms with E-state index in [1.807, 2.05) is 25.1 Å². The minimum Gasteiger partial charge on any atom is -0.494 e. The van der Waals surface area contributed by atoms with Gasteiger partial charge in [-0.2, -0.15) is 0 Å². The fourth-order valence-corrected chi connectivity index (χ4v) is 2.33. The Kier molecular flexibility index (Phi) is 5.16. The number of nitrogens with two attached hydrogens (primary N) is 1. The highest BCUT2D eigenvalue weighted by Crippen LogP contribution is 2.25. The summed E-state index contributed by atoms with van der Waals surface area (Å²) in [7, 11) is 0. The van der Waals surface area contributed by atoms with E-state index >= 15 is 0 Å². The molecule has 3 heteroatoms. The number of ether oxygens (including phenoxy) is 1. The molecular weight excluding hydrogens is 248 g/mol. The first-order chi connectivity index (χ1) is 9.78. The van der Waals surface area contributed by atoms with Crippen molar-refractivity contribution < 1.29 is 4.74 Å². The third kappa shape index (κ3) is 3.38. The number of aryl methyl sites for hydroxylation is 1. The van der Waals surface area contributed by atoms with Gasteiger partial charge in [-0.05, 0) is 42.2 Å². The Morgan fingerprint density at radius 2 is 1.75 bits per heavy atom. The second-order valence-corrected chi connectivity index (χ2v) is 4.70. The average Bonchev–Trinajstić information content (AvgIpc) is 2.49. The van der Waals surface area contributed by atoms with Gasteiger partial charge in [0, 0.05) is 0 Å². The first kappa shape index (κ1) is 14.6. The highest BCUT2D eigenvalue weighted by atomic mass is 16.5. The van der Waals surface area contributed by atoms with Gasteiger partial charge in [-0.3, -0.25) is 5.84 Å². The molecule has 0 spiro atoms. The smallest absolute Gasteiger partial charge is 0.119 e. The van der Waals surface area contributed by atoms with Gasteiger partial charge >= 0.3 is 0 Å². The van der Waals surface area contributed by atoms with Gasteiger partial charge in [0.25, 0.3) is 0 Å². The monoisotopic (exact) mass is 270 g/mol. The van der Waals surface area contributed by atoms with E-state index in [1.165, 1.54) is 11.1 Å². The lowest BCUT2D eigenvalue weighted by molar-refractivity contribution is 0.339. The van der Waals surface area contributed by atoms with Crippen LogP contribution in [0.15, 0.2) is 48.5 Å². The second kappa shape index (κ2) is 7.08. The van der Waals surface area contributed by atoms with E-state index in [-0.39, 0.29) is 6.04 Å². The first-order valence-corrected chi connectivity index (χ1v) is 7.06. The van der Waals surface area contributed by atoms with Gasteiger partial charge < -0.3 is 4.74 Å². The fourth-order valence-electron chi connectivity index (χ4n) is 2.33. The molecule has 3 nitrogen and oxygen atoms in total. The van der Waals surface area contributed by atoms with Crippen molar-refractivity contribution in [2.45, 2.75) is 26.3 Å². The van der Waals surface area contributed by atoms with E-state index in [0.717, 1.165) is 17.7 Å². The molecule has 0 saturated heterocycles. The number of hydrogen-bond acceptors (Lipinski definition) is 3. The van der Waals surface area contributed by atoms with Gasteiger partial charge in [0.1, 0.15) is 5.75 Å². The Morgan fingerprint density at radius 1 is 1.05 bits per heavy atom. The highest BCUT2D eigenvalue weighted by molar-refractivity contribution is 5.38. The number of nitrogens with one attached hydrogen (secondary N) is 1. The summed E-state index contributed by atoms with van der Waals surface area (Å²) in [6, 6.07) is 16.5. The molecule has 0 heterocycles. The van der Waals surface area contributed by atoms with Crippen molar-refractivity contribution in [3.63, 3.8) is 0 Å². The van der Waals surface area contributed by atoms with Crippen LogP contribution in [0.2, 0.25) is 0 Å². The maximum atomic E-state index is 5.76. The normalized spacial score (nSPS) is 12.2. The summed E-state index contributed by atoms with van der Waals surface area (Å²) >= 11 is 0. The Hall–Kier alpha value is -1.84. The van der Waals surface area contributed by atoms with Crippen molar-refractivity contribution in [3.05, 3.63) is 65.2 Å². The van der Waals surface area contributed by atoms with Crippen molar-refractivity contribution in [1.82, 2.24) is 5.43 Å². The van der Waals surface area contributed by atoms with Crippen LogP contribution in [0.5, 0.6) is 5.75 Å². The minimum absolute atomic E-state index is 0.0260. The van der Waals surface area contributed by atoms with Crippen molar-refractivity contribution in [1.29, 1.82) is 0 Å². The standard InChI is InChI=1S/C17H22N2O/c1-3-13-7-5-8-14(11-13)17(19-18)15-9-6-10-16(12-15)20-4-2/h5-12,17,19H,3-4,18H2,1-2H3. The second-order valence-electron chi connectivity index (χ2n) is 4.70. The summed E-state index contributed by atoms with van der Waals surface area (Å²) in [4.78, 5) is 0. The molecule has 1 unspecified atom stereocenters. The number of benzene rings is 2. The molecule has 2 rings (SSSR count). The molecule has 3 N–H and O–H groups in total. The molecule has 2 aromatic carbocycles. The number of rotatable bonds is 6. The molecule has 0 aliphatic rings. The SMILES string of the molecule is CCOc1cccc(C(NN)c2cccc(CC)c2)c1. The summed E-state index contributed by atoms with van der Waals surface area (Å²) in [6.07, 6.45) is 1.02. The molecule has 20 heavy (non-hydrogen) atoms. The van der Waals surface area contributed by atoms with Gasteiger partial charge in [0.15, 0.2) is 0 Å². The van der Waals surface area contributed by atoms with Crippen molar-refractivity contribution in [2.24, 2.45) is 5.84 Å². The van der Waals surface area contributed by atoms with Crippen LogP contribution in [0.4, 0.5) is 0 Å². The first-order valence-electron chi connectivity index (χ1n) is 7.06. The molecule has 0 aromatic heterocycles. The lowest BCUT2D eigenvalue weighted by atomic mass is 9.97. The average molecular weight is 270 g/mol. The highest BCUT2D eigenvalue weighted by Gasteiger charge is 2.13. The van der Waals surface area contributed by atoms with Crippen LogP contribution in [0.1, 0.15) is 36.6 Å². The van der Waals surface area contributed by atoms with Crippen LogP contribution in [0, 0.1) is 0 Å². The molecule has 0 saturated carbocycles. The van der Waals surface area contributed by atoms with E-state index in [1.54, 1.807) is 0 Å². The maximum absolute atomic E-state index is 5.76. The lowest BCUT2D eigenvalue weighted by Gasteiger charge is -2.18. The van der Waals surface area contributed by atoms with Gasteiger partial charge in [-0.1, -0.05) is 43.3 Å². The van der Waals surface area contributed by atoms with Crippen molar-refractivity contribution in [3.8, 4) is 5.75 Å². The molecule has 1 atom stereocenters. The van der Waals surface area contributed by atoms with E-state index in [0.29, 0.717) is 6.61 Å². The third-order valence-electron chi connectivity index (χ3n) is 3.36. The van der Waals surface area contributed by atoms with E-state index in [4.69, 9.17) is 10.6 Å². The van der Waals surface area contributed by atoms with Crippen molar-refractivity contribution in [2.75, 3.05) is 6.61 Å². The number of hydrazine groups is 1. The largest absolute Gasteiger partial charge is 0.494 e. The quantitative estimate of drug-likeness (QED) is 0.626. The molecule has 0 radical (unpaired) electrons. The fraction of sp³-hybridized carbons (Fsp3) is 0.294. The summed E-state index contributed by atoms with van der Waals surface area (Å²) in [5.74, 6) is 6.63. The van der Waals surface area contributed by atoms with Crippen LogP contribution in [0.3, 0.4) is 0 Å². The zero-order chi connectivity index (χ0) is 14.4. The van der Waals surface area contributed by atoms with Gasteiger partial charge in [-0.25, -0.2) is 5.43 Å². The number of hydrogen-bond donors (Lipinski definition) is 2. The summed E-state index contributed by atoms with van der Waals surface area (Å²) in [5.41, 5.74) is 6.48. The lowest BCUT2D eigenvalue weighted by Crippen LogP contribution is -2.28. The Labute approximate surface area is 120 Å². The van der Waals surface area contributed by atoms with E-state index in [9.17, 15) is 0 Å². The molecule has 0 aliphatic heterocycles. The Bertz CT molecular complexity index is 554. The molecule has 2 aromatic rings. The van der Waals surface area contributed by atoms with E-state index in [2.05, 4.69) is 42.7 Å². The summed E-state index contributed by atoms with van der Waals surface area (Å²) in [6.45, 7) is 4.80. The minimum atomic E-state index is -0.0260. The molecule has 0 amide bonds. The van der Waals surface area contributed by atoms with Gasteiger partial charge in [0.05, 0.1) is 12.6 Å². The molecule has 0 fully saturated rings. The van der Waals surface area contributed by atoms with Gasteiger partial charge in [-0.15, -0.1) is 0 Å². The maximum Gasteiger partial charge on any atom is 0.119 e. The van der Waals surface area contributed by atoms with Crippen molar-refractivity contribution >= 4 is 0 Å². The van der Waals surface area contributed by atoms with Crippen LogP contribution < -0.4 is 16.0 Å². The molecule has 106 valence electrons. The Balaban J connectivity index is 2.33. The van der Waals surface area contributed by atoms with Crippen LogP contribution in [0.25, 0.3) is 0 Å². The predicted molar refractivity (Wildman–Crippen MR) is 82.6 cm³/mol. The van der Waals surface area contributed by atoms with Crippen LogP contribution in [-0.2, 0) is 6.42 Å².